The molecule has 0 spiro atoms. The molecule has 22 heavy (non-hydrogen) atoms. The van der Waals surface area contributed by atoms with Gasteiger partial charge in [0.25, 0.3) is 0 Å². The maximum atomic E-state index is 2.86. The molecular weight excluding hydrogens is 268 g/mol. The zero-order chi connectivity index (χ0) is 17.4. The average molecular weight is 311 g/mol. The molecule has 4 atom stereocenters. The molecule has 0 N–H and O–H groups in total. The van der Waals surface area contributed by atoms with Crippen LogP contribution in [0.25, 0.3) is 0 Å². The molecule has 0 saturated carbocycles. The Morgan fingerprint density at radius 3 is 1.09 bits per heavy atom. The summed E-state index contributed by atoms with van der Waals surface area (Å²) in [6.45, 7) is 26.5. The SMILES string of the molecule is CC(C)C1C(C(C)C)N(C(C)C)C(C(C)C)C(C)N1C(C)C. The maximum absolute atomic E-state index is 2.86. The minimum atomic E-state index is 0.609. The summed E-state index contributed by atoms with van der Waals surface area (Å²) in [7, 11) is 0. The summed E-state index contributed by atoms with van der Waals surface area (Å²) in [5.74, 6) is 2.06. The van der Waals surface area contributed by atoms with E-state index in [-0.39, 0.29) is 0 Å². The zero-order valence-electron chi connectivity index (χ0n) is 17.1. The molecular formula is C20H42N2. The van der Waals surface area contributed by atoms with Crippen LogP contribution in [-0.4, -0.2) is 46.1 Å². The molecule has 4 unspecified atom stereocenters. The van der Waals surface area contributed by atoms with Gasteiger partial charge in [-0.1, -0.05) is 41.5 Å². The number of piperazine rings is 1. The van der Waals surface area contributed by atoms with Crippen molar-refractivity contribution in [2.75, 3.05) is 0 Å². The van der Waals surface area contributed by atoms with Gasteiger partial charge in [-0.25, -0.2) is 0 Å². The van der Waals surface area contributed by atoms with Crippen molar-refractivity contribution in [3.63, 3.8) is 0 Å². The summed E-state index contributed by atoms with van der Waals surface area (Å²) in [6, 6.07) is 3.77. The van der Waals surface area contributed by atoms with Gasteiger partial charge in [0.2, 0.25) is 0 Å². The normalized spacial score (nSPS) is 32.2. The highest BCUT2D eigenvalue weighted by molar-refractivity contribution is 5.05. The van der Waals surface area contributed by atoms with Crippen LogP contribution in [0.1, 0.15) is 76.2 Å². The molecule has 2 nitrogen and oxygen atoms in total. The highest BCUT2D eigenvalue weighted by Crippen LogP contribution is 2.39. The van der Waals surface area contributed by atoms with Crippen LogP contribution >= 0.6 is 0 Å². The maximum Gasteiger partial charge on any atom is 0.0283 e. The van der Waals surface area contributed by atoms with E-state index in [0.717, 1.165) is 0 Å². The Balaban J connectivity index is 3.42. The van der Waals surface area contributed by atoms with E-state index < -0.39 is 0 Å². The van der Waals surface area contributed by atoms with Gasteiger partial charge in [-0.05, 0) is 52.4 Å². The minimum Gasteiger partial charge on any atom is -0.292 e. The summed E-state index contributed by atoms with van der Waals surface area (Å²) < 4.78 is 0. The largest absolute Gasteiger partial charge is 0.292 e. The van der Waals surface area contributed by atoms with E-state index in [4.69, 9.17) is 0 Å². The average Bonchev–Trinajstić information content (AvgIpc) is 2.34. The fourth-order valence-electron chi connectivity index (χ4n) is 5.13. The van der Waals surface area contributed by atoms with Crippen LogP contribution < -0.4 is 0 Å². The van der Waals surface area contributed by atoms with Crippen molar-refractivity contribution < 1.29 is 0 Å². The van der Waals surface area contributed by atoms with Gasteiger partial charge in [-0.15, -0.1) is 0 Å². The van der Waals surface area contributed by atoms with Crippen LogP contribution in [0.15, 0.2) is 0 Å². The molecule has 0 radical (unpaired) electrons. The molecule has 1 saturated heterocycles. The van der Waals surface area contributed by atoms with Gasteiger partial charge in [0, 0.05) is 36.3 Å². The van der Waals surface area contributed by atoms with Gasteiger partial charge >= 0.3 is 0 Å². The zero-order valence-corrected chi connectivity index (χ0v) is 17.1. The third kappa shape index (κ3) is 3.70. The Bertz CT molecular complexity index is 305. The van der Waals surface area contributed by atoms with Crippen molar-refractivity contribution in [1.29, 1.82) is 0 Å². The van der Waals surface area contributed by atoms with Crippen molar-refractivity contribution in [2.24, 2.45) is 17.8 Å². The lowest BCUT2D eigenvalue weighted by atomic mass is 9.77. The molecule has 1 aliphatic heterocycles. The van der Waals surface area contributed by atoms with Gasteiger partial charge < -0.3 is 0 Å². The van der Waals surface area contributed by atoms with Crippen LogP contribution in [-0.2, 0) is 0 Å². The first kappa shape index (κ1) is 20.0. The fraction of sp³-hybridized carbons (Fsp3) is 1.00. The molecule has 0 aromatic heterocycles. The molecule has 0 bridgehead atoms. The standard InChI is InChI=1S/C20H42N2/c1-12(2)18-17(11)21(15(7)8)19(13(3)4)20(14(5)6)22(18)16(9)10/h12-20H,1-11H3. The smallest absolute Gasteiger partial charge is 0.0283 e. The third-order valence-electron chi connectivity index (χ3n) is 5.59. The number of rotatable bonds is 5. The fourth-order valence-corrected chi connectivity index (χ4v) is 5.13. The Labute approximate surface area is 140 Å². The van der Waals surface area contributed by atoms with Crippen LogP contribution in [0, 0.1) is 17.8 Å². The van der Waals surface area contributed by atoms with E-state index in [1.807, 2.05) is 0 Å². The van der Waals surface area contributed by atoms with Crippen LogP contribution in [0.2, 0.25) is 0 Å². The van der Waals surface area contributed by atoms with Gasteiger partial charge in [-0.3, -0.25) is 9.80 Å². The van der Waals surface area contributed by atoms with E-state index in [2.05, 4.69) is 86.0 Å². The number of hydrogen-bond donors (Lipinski definition) is 0. The quantitative estimate of drug-likeness (QED) is 0.714. The van der Waals surface area contributed by atoms with Crippen molar-refractivity contribution in [1.82, 2.24) is 9.80 Å². The lowest BCUT2D eigenvalue weighted by Crippen LogP contribution is -2.73. The second-order valence-electron chi connectivity index (χ2n) is 9.03. The van der Waals surface area contributed by atoms with Gasteiger partial charge in [0.05, 0.1) is 0 Å². The van der Waals surface area contributed by atoms with Gasteiger partial charge in [0.1, 0.15) is 0 Å². The second kappa shape index (κ2) is 7.66. The van der Waals surface area contributed by atoms with Crippen LogP contribution in [0.4, 0.5) is 0 Å². The highest BCUT2D eigenvalue weighted by atomic mass is 15.4. The highest BCUT2D eigenvalue weighted by Gasteiger charge is 2.49. The minimum absolute atomic E-state index is 0.609. The summed E-state index contributed by atoms with van der Waals surface area (Å²) in [5.41, 5.74) is 0. The summed E-state index contributed by atoms with van der Waals surface area (Å²) in [6.07, 6.45) is 0. The predicted octanol–water partition coefficient (Wildman–Crippen LogP) is 4.88. The molecule has 2 heteroatoms. The molecule has 0 aromatic carbocycles. The molecule has 0 aromatic rings. The first-order chi connectivity index (χ1) is 10.0. The monoisotopic (exact) mass is 310 g/mol. The Kier molecular flexibility index (Phi) is 6.95. The summed E-state index contributed by atoms with van der Waals surface area (Å²) in [5, 5.41) is 0. The molecule has 132 valence electrons. The molecule has 1 aliphatic rings. The van der Waals surface area contributed by atoms with Crippen molar-refractivity contribution in [3.8, 4) is 0 Å². The number of nitrogens with zero attached hydrogens (tertiary/aromatic N) is 2. The first-order valence-corrected chi connectivity index (χ1v) is 9.57. The summed E-state index contributed by atoms with van der Waals surface area (Å²) in [4.78, 5) is 5.70. The Morgan fingerprint density at radius 2 is 0.818 bits per heavy atom. The molecule has 1 fully saturated rings. The van der Waals surface area contributed by atoms with E-state index in [9.17, 15) is 0 Å². The topological polar surface area (TPSA) is 6.48 Å². The number of hydrogen-bond acceptors (Lipinski definition) is 2. The summed E-state index contributed by atoms with van der Waals surface area (Å²) >= 11 is 0. The van der Waals surface area contributed by atoms with Gasteiger partial charge in [-0.2, -0.15) is 0 Å². The molecule has 1 heterocycles. The second-order valence-corrected chi connectivity index (χ2v) is 9.03. The predicted molar refractivity (Wildman–Crippen MR) is 99.3 cm³/mol. The van der Waals surface area contributed by atoms with E-state index in [1.165, 1.54) is 0 Å². The Morgan fingerprint density at radius 1 is 0.500 bits per heavy atom. The van der Waals surface area contributed by atoms with Crippen molar-refractivity contribution in [2.45, 2.75) is 112 Å². The van der Waals surface area contributed by atoms with Crippen LogP contribution in [0.5, 0.6) is 0 Å². The van der Waals surface area contributed by atoms with E-state index in [1.54, 1.807) is 0 Å². The lowest BCUT2D eigenvalue weighted by Gasteiger charge is -2.61. The molecule has 1 rings (SSSR count). The molecule has 0 aliphatic carbocycles. The van der Waals surface area contributed by atoms with Gasteiger partial charge in [0.15, 0.2) is 0 Å². The van der Waals surface area contributed by atoms with Crippen molar-refractivity contribution >= 4 is 0 Å². The third-order valence-corrected chi connectivity index (χ3v) is 5.59. The van der Waals surface area contributed by atoms with Crippen LogP contribution in [0.3, 0.4) is 0 Å². The van der Waals surface area contributed by atoms with Crippen molar-refractivity contribution in [3.05, 3.63) is 0 Å². The lowest BCUT2D eigenvalue weighted by molar-refractivity contribution is -0.125. The Hall–Kier alpha value is -0.0800. The first-order valence-electron chi connectivity index (χ1n) is 9.57. The van der Waals surface area contributed by atoms with E-state index in [0.29, 0.717) is 54.0 Å². The van der Waals surface area contributed by atoms with E-state index >= 15 is 0 Å². The molecule has 0 amide bonds.